The number of halogens is 4. The van der Waals surface area contributed by atoms with Crippen molar-refractivity contribution in [2.45, 2.75) is 19.3 Å². The minimum absolute atomic E-state index is 0.0786. The predicted molar refractivity (Wildman–Crippen MR) is 127 cm³/mol. The molecule has 0 radical (unpaired) electrons. The molecule has 3 heterocycles. The lowest BCUT2D eigenvalue weighted by Crippen LogP contribution is -2.22. The average Bonchev–Trinajstić information content (AvgIpc) is 3.19. The van der Waals surface area contributed by atoms with Crippen molar-refractivity contribution in [3.05, 3.63) is 106 Å². The lowest BCUT2D eigenvalue weighted by Gasteiger charge is -2.11. The molecule has 2 aromatic carbocycles. The van der Waals surface area contributed by atoms with Crippen molar-refractivity contribution in [1.82, 2.24) is 24.1 Å². The summed E-state index contributed by atoms with van der Waals surface area (Å²) in [7, 11) is 0. The number of fused-ring (bicyclic) bond motifs is 1. The van der Waals surface area contributed by atoms with Gasteiger partial charge in [0.2, 0.25) is 0 Å². The van der Waals surface area contributed by atoms with Crippen LogP contribution in [0.1, 0.15) is 16.8 Å². The zero-order chi connectivity index (χ0) is 25.4. The van der Waals surface area contributed by atoms with E-state index < -0.39 is 17.6 Å². The van der Waals surface area contributed by atoms with E-state index in [0.29, 0.717) is 38.6 Å². The van der Waals surface area contributed by atoms with Crippen LogP contribution in [0, 0.1) is 0 Å². The molecule has 0 bridgehead atoms. The highest BCUT2D eigenvalue weighted by atomic mass is 35.5. The number of nitrogens with zero attached hydrogens (tertiary/aromatic N) is 5. The molecule has 0 amide bonds. The van der Waals surface area contributed by atoms with E-state index in [1.807, 2.05) is 0 Å². The molecule has 5 aromatic rings. The Morgan fingerprint density at radius 1 is 0.889 bits per heavy atom. The van der Waals surface area contributed by atoms with Gasteiger partial charge in [-0.25, -0.2) is 18.9 Å². The van der Waals surface area contributed by atoms with Gasteiger partial charge in [-0.15, -0.1) is 5.10 Å². The van der Waals surface area contributed by atoms with Crippen LogP contribution in [-0.2, 0) is 19.3 Å². The first-order valence-corrected chi connectivity index (χ1v) is 11.1. The van der Waals surface area contributed by atoms with E-state index in [2.05, 4.69) is 15.1 Å². The van der Waals surface area contributed by atoms with Gasteiger partial charge in [0.25, 0.3) is 0 Å². The summed E-state index contributed by atoms with van der Waals surface area (Å²) in [5.41, 5.74) is 2.48. The van der Waals surface area contributed by atoms with Crippen molar-refractivity contribution in [2.75, 3.05) is 0 Å². The van der Waals surface area contributed by atoms with Crippen LogP contribution in [0.4, 0.5) is 13.2 Å². The molecular weight excluding hydrogens is 495 g/mol. The number of aromatic nitrogens is 5. The van der Waals surface area contributed by atoms with E-state index in [0.717, 1.165) is 22.5 Å². The Labute approximate surface area is 207 Å². The lowest BCUT2D eigenvalue weighted by molar-refractivity contribution is -0.141. The molecule has 0 atom stereocenters. The molecule has 3 aromatic heterocycles. The molecule has 36 heavy (non-hydrogen) atoms. The third-order valence-corrected chi connectivity index (χ3v) is 5.88. The van der Waals surface area contributed by atoms with E-state index in [1.165, 1.54) is 16.8 Å². The normalized spacial score (nSPS) is 11.8. The third-order valence-electron chi connectivity index (χ3n) is 5.62. The maximum atomic E-state index is 13.1. The Kier molecular flexibility index (Phi) is 6.07. The van der Waals surface area contributed by atoms with Gasteiger partial charge in [0.1, 0.15) is 12.0 Å². The summed E-state index contributed by atoms with van der Waals surface area (Å²) < 4.78 is 41.0. The summed E-state index contributed by atoms with van der Waals surface area (Å²) in [6.45, 7) is -0.202. The Bertz CT molecular complexity index is 1590. The maximum absolute atomic E-state index is 13.1. The molecule has 0 spiro atoms. The van der Waals surface area contributed by atoms with Crippen LogP contribution in [0.15, 0.2) is 78.0 Å². The van der Waals surface area contributed by atoms with Crippen molar-refractivity contribution in [3.63, 3.8) is 0 Å². The van der Waals surface area contributed by atoms with Gasteiger partial charge in [0, 0.05) is 16.8 Å². The van der Waals surface area contributed by atoms with Crippen molar-refractivity contribution in [3.8, 4) is 22.4 Å². The molecule has 182 valence electrons. The highest BCUT2D eigenvalue weighted by Gasteiger charge is 2.32. The first-order valence-electron chi connectivity index (χ1n) is 10.7. The fraction of sp³-hybridized carbons (Fsp3) is 0.120. The number of pyridine rings is 1. The van der Waals surface area contributed by atoms with Crippen LogP contribution < -0.4 is 5.69 Å². The van der Waals surface area contributed by atoms with Crippen LogP contribution in [0.5, 0.6) is 0 Å². The number of aliphatic hydroxyl groups excluding tert-OH is 1. The summed E-state index contributed by atoms with van der Waals surface area (Å²) in [6, 6.07) is 16.3. The highest BCUT2D eigenvalue weighted by molar-refractivity contribution is 6.30. The monoisotopic (exact) mass is 511 g/mol. The van der Waals surface area contributed by atoms with Gasteiger partial charge in [0.05, 0.1) is 24.4 Å². The summed E-state index contributed by atoms with van der Waals surface area (Å²) in [5, 5.41) is 14.5. The van der Waals surface area contributed by atoms with E-state index in [4.69, 9.17) is 11.6 Å². The van der Waals surface area contributed by atoms with Crippen molar-refractivity contribution in [2.24, 2.45) is 0 Å². The molecular formula is C25H17ClF3N5O2. The van der Waals surface area contributed by atoms with Crippen LogP contribution in [0.3, 0.4) is 0 Å². The molecule has 0 aliphatic heterocycles. The second kappa shape index (κ2) is 9.21. The fourth-order valence-electron chi connectivity index (χ4n) is 3.81. The first kappa shape index (κ1) is 23.7. The predicted octanol–water partition coefficient (Wildman–Crippen LogP) is 4.83. The Hall–Kier alpha value is -4.02. The largest absolute Gasteiger partial charge is 0.433 e. The van der Waals surface area contributed by atoms with Crippen molar-refractivity contribution in [1.29, 1.82) is 0 Å². The minimum Gasteiger partial charge on any atom is -0.392 e. The molecule has 7 nitrogen and oxygen atoms in total. The Balaban J connectivity index is 1.65. The van der Waals surface area contributed by atoms with Gasteiger partial charge in [0.15, 0.2) is 5.65 Å². The van der Waals surface area contributed by atoms with Gasteiger partial charge < -0.3 is 5.11 Å². The van der Waals surface area contributed by atoms with E-state index in [-0.39, 0.29) is 13.2 Å². The summed E-state index contributed by atoms with van der Waals surface area (Å²) in [4.78, 5) is 21.1. The number of hydrogen-bond donors (Lipinski definition) is 1. The zero-order valence-electron chi connectivity index (χ0n) is 18.4. The van der Waals surface area contributed by atoms with Crippen LogP contribution in [-0.4, -0.2) is 29.3 Å². The van der Waals surface area contributed by atoms with E-state index in [9.17, 15) is 23.1 Å². The molecule has 5 rings (SSSR count). The second-order valence-corrected chi connectivity index (χ2v) is 8.45. The lowest BCUT2D eigenvalue weighted by atomic mass is 9.99. The highest BCUT2D eigenvalue weighted by Crippen LogP contribution is 2.34. The molecule has 0 aliphatic carbocycles. The minimum atomic E-state index is -4.55. The molecule has 0 aliphatic rings. The number of aliphatic hydroxyl groups is 1. The van der Waals surface area contributed by atoms with Gasteiger partial charge in [-0.05, 0) is 34.9 Å². The SMILES string of the molecule is O=c1n(Cc2ccc(C(F)(F)F)nc2)nc2c(-c3ccc(CO)cc3)c(-c3ccc(Cl)cc3)ncn12. The standard InChI is InChI=1S/C25H17ClF3N5O2/c26-19-8-6-18(7-9-19)22-21(17-4-1-15(13-35)2-5-17)23-32-34(24(36)33(23)14-31-22)12-16-3-10-20(30-11-16)25(27,28)29/h1-11,14,35H,12-13H2. The molecule has 0 unspecified atom stereocenters. The summed E-state index contributed by atoms with van der Waals surface area (Å²) in [6.07, 6.45) is -2.12. The number of benzene rings is 2. The number of rotatable bonds is 5. The molecule has 11 heteroatoms. The number of alkyl halides is 3. The average molecular weight is 512 g/mol. The quantitative estimate of drug-likeness (QED) is 0.365. The third kappa shape index (κ3) is 4.48. The van der Waals surface area contributed by atoms with Crippen LogP contribution >= 0.6 is 11.6 Å². The van der Waals surface area contributed by atoms with Crippen molar-refractivity contribution >= 4 is 17.2 Å². The molecule has 0 fully saturated rings. The number of hydrogen-bond acceptors (Lipinski definition) is 5. The Morgan fingerprint density at radius 2 is 1.56 bits per heavy atom. The maximum Gasteiger partial charge on any atom is 0.433 e. The van der Waals surface area contributed by atoms with Crippen molar-refractivity contribution < 1.29 is 18.3 Å². The van der Waals surface area contributed by atoms with Crippen LogP contribution in [0.25, 0.3) is 28.0 Å². The molecule has 0 saturated heterocycles. The van der Waals surface area contributed by atoms with Gasteiger partial charge in [-0.1, -0.05) is 54.1 Å². The summed E-state index contributed by atoms with van der Waals surface area (Å²) >= 11 is 6.05. The molecule has 0 saturated carbocycles. The fourth-order valence-corrected chi connectivity index (χ4v) is 3.94. The second-order valence-electron chi connectivity index (χ2n) is 8.01. The molecule has 1 N–H and O–H groups in total. The first-order chi connectivity index (χ1) is 17.2. The van der Waals surface area contributed by atoms with Crippen LogP contribution in [0.2, 0.25) is 5.02 Å². The smallest absolute Gasteiger partial charge is 0.392 e. The summed E-state index contributed by atoms with van der Waals surface area (Å²) in [5.74, 6) is 0. The van der Waals surface area contributed by atoms with Gasteiger partial charge >= 0.3 is 11.9 Å². The topological polar surface area (TPSA) is 85.3 Å². The van der Waals surface area contributed by atoms with Gasteiger partial charge in [-0.3, -0.25) is 4.98 Å². The van der Waals surface area contributed by atoms with E-state index in [1.54, 1.807) is 48.5 Å². The van der Waals surface area contributed by atoms with E-state index >= 15 is 0 Å². The Morgan fingerprint density at radius 3 is 2.17 bits per heavy atom. The van der Waals surface area contributed by atoms with Gasteiger partial charge in [-0.2, -0.15) is 13.2 Å². The zero-order valence-corrected chi connectivity index (χ0v) is 19.2.